The van der Waals surface area contributed by atoms with Crippen molar-refractivity contribution in [2.75, 3.05) is 5.75 Å². The molecule has 0 unspecified atom stereocenters. The Labute approximate surface area is 115 Å². The third-order valence-corrected chi connectivity index (χ3v) is 3.59. The quantitative estimate of drug-likeness (QED) is 0.600. The molecule has 0 saturated carbocycles. The van der Waals surface area contributed by atoms with E-state index in [4.69, 9.17) is 0 Å². The molecule has 1 aromatic heterocycles. The number of aromatic nitrogens is 2. The first-order chi connectivity index (χ1) is 9.20. The average Bonchev–Trinajstić information content (AvgIpc) is 2.85. The number of carbonyl (C=O) groups is 1. The summed E-state index contributed by atoms with van der Waals surface area (Å²) in [6.07, 6.45) is 4.40. The Balaban J connectivity index is 1.99. The van der Waals surface area contributed by atoms with E-state index in [-0.39, 0.29) is 17.4 Å². The van der Waals surface area contributed by atoms with Gasteiger partial charge in [-0.2, -0.15) is 0 Å². The predicted octanol–water partition coefficient (Wildman–Crippen LogP) is 3.41. The smallest absolute Gasteiger partial charge is 0.208 e. The van der Waals surface area contributed by atoms with Crippen molar-refractivity contribution < 1.29 is 9.18 Å². The Hall–Kier alpha value is -1.62. The molecular formula is C14H15FN2OS. The number of benzene rings is 1. The fourth-order valence-corrected chi connectivity index (χ4v) is 2.55. The standard InChI is InChI=1S/C14H15FN2OS/c1-2-7-17-8-6-16-14(17)13(18)10-19-12-5-3-4-11(15)9-12/h3-6,8-9H,2,7,10H2,1H3. The van der Waals surface area contributed by atoms with Crippen molar-refractivity contribution in [1.29, 1.82) is 0 Å². The van der Waals surface area contributed by atoms with Crippen molar-refractivity contribution in [3.8, 4) is 0 Å². The van der Waals surface area contributed by atoms with Crippen LogP contribution in [0.5, 0.6) is 0 Å². The highest BCUT2D eigenvalue weighted by Crippen LogP contribution is 2.19. The van der Waals surface area contributed by atoms with E-state index in [9.17, 15) is 9.18 Å². The van der Waals surface area contributed by atoms with Gasteiger partial charge in [0.2, 0.25) is 5.78 Å². The van der Waals surface area contributed by atoms with E-state index < -0.39 is 0 Å². The van der Waals surface area contributed by atoms with Gasteiger partial charge in [0.15, 0.2) is 5.82 Å². The molecule has 0 saturated heterocycles. The average molecular weight is 278 g/mol. The first kappa shape index (κ1) is 13.8. The van der Waals surface area contributed by atoms with E-state index in [1.54, 1.807) is 18.3 Å². The summed E-state index contributed by atoms with van der Waals surface area (Å²) >= 11 is 1.32. The van der Waals surface area contributed by atoms with Crippen molar-refractivity contribution in [2.24, 2.45) is 0 Å². The second kappa shape index (κ2) is 6.52. The fraction of sp³-hybridized carbons (Fsp3) is 0.286. The number of hydrogen-bond donors (Lipinski definition) is 0. The fourth-order valence-electron chi connectivity index (χ4n) is 1.75. The van der Waals surface area contributed by atoms with Crippen molar-refractivity contribution in [1.82, 2.24) is 9.55 Å². The van der Waals surface area contributed by atoms with E-state index in [2.05, 4.69) is 11.9 Å². The molecule has 2 rings (SSSR count). The first-order valence-electron chi connectivity index (χ1n) is 6.13. The lowest BCUT2D eigenvalue weighted by Crippen LogP contribution is -2.12. The topological polar surface area (TPSA) is 34.9 Å². The lowest BCUT2D eigenvalue weighted by molar-refractivity contribution is 0.100. The summed E-state index contributed by atoms with van der Waals surface area (Å²) in [5.41, 5.74) is 0. The molecule has 0 radical (unpaired) electrons. The molecule has 100 valence electrons. The molecule has 1 heterocycles. The highest BCUT2D eigenvalue weighted by molar-refractivity contribution is 8.00. The second-order valence-electron chi connectivity index (χ2n) is 4.11. The van der Waals surface area contributed by atoms with Gasteiger partial charge in [0.1, 0.15) is 5.82 Å². The minimum absolute atomic E-state index is 0.0345. The summed E-state index contributed by atoms with van der Waals surface area (Å²) < 4.78 is 14.9. The number of halogens is 1. The van der Waals surface area contributed by atoms with Crippen molar-refractivity contribution in [3.05, 3.63) is 48.3 Å². The number of carbonyl (C=O) groups excluding carboxylic acids is 1. The van der Waals surface area contributed by atoms with Crippen LogP contribution < -0.4 is 0 Å². The van der Waals surface area contributed by atoms with Crippen LogP contribution in [0.1, 0.15) is 24.0 Å². The van der Waals surface area contributed by atoms with Crippen molar-refractivity contribution in [3.63, 3.8) is 0 Å². The minimum Gasteiger partial charge on any atom is -0.329 e. The molecule has 0 bridgehead atoms. The maximum absolute atomic E-state index is 13.0. The normalized spacial score (nSPS) is 10.6. The molecule has 0 fully saturated rings. The van der Waals surface area contributed by atoms with Gasteiger partial charge in [0, 0.05) is 23.8 Å². The van der Waals surface area contributed by atoms with Crippen LogP contribution >= 0.6 is 11.8 Å². The number of ketones is 1. The molecule has 0 amide bonds. The Bertz CT molecular complexity index is 568. The van der Waals surface area contributed by atoms with E-state index in [0.29, 0.717) is 5.82 Å². The van der Waals surface area contributed by atoms with Crippen molar-refractivity contribution in [2.45, 2.75) is 24.8 Å². The van der Waals surface area contributed by atoms with E-state index >= 15 is 0 Å². The van der Waals surface area contributed by atoms with Crippen LogP contribution in [0.15, 0.2) is 41.6 Å². The van der Waals surface area contributed by atoms with Gasteiger partial charge in [0.25, 0.3) is 0 Å². The Morgan fingerprint density at radius 3 is 3.05 bits per heavy atom. The maximum Gasteiger partial charge on any atom is 0.208 e. The van der Waals surface area contributed by atoms with E-state index in [1.807, 2.05) is 10.8 Å². The summed E-state index contributed by atoms with van der Waals surface area (Å²) in [6, 6.07) is 6.25. The molecule has 3 nitrogen and oxygen atoms in total. The minimum atomic E-state index is -0.287. The van der Waals surface area contributed by atoms with Gasteiger partial charge in [-0.3, -0.25) is 4.79 Å². The van der Waals surface area contributed by atoms with Gasteiger partial charge in [-0.15, -0.1) is 11.8 Å². The van der Waals surface area contributed by atoms with Gasteiger partial charge in [0.05, 0.1) is 5.75 Å². The molecule has 0 atom stereocenters. The molecule has 1 aromatic carbocycles. The third kappa shape index (κ3) is 3.67. The predicted molar refractivity (Wildman–Crippen MR) is 74.0 cm³/mol. The zero-order valence-electron chi connectivity index (χ0n) is 10.7. The first-order valence-corrected chi connectivity index (χ1v) is 7.12. The van der Waals surface area contributed by atoms with Crippen LogP contribution in [0.4, 0.5) is 4.39 Å². The molecule has 0 spiro atoms. The SMILES string of the molecule is CCCn1ccnc1C(=O)CSc1cccc(F)c1. The van der Waals surface area contributed by atoms with Crippen LogP contribution in [0.2, 0.25) is 0 Å². The Morgan fingerprint density at radius 1 is 1.47 bits per heavy atom. The molecule has 0 aliphatic carbocycles. The summed E-state index contributed by atoms with van der Waals surface area (Å²) in [5, 5.41) is 0. The molecule has 0 aliphatic rings. The summed E-state index contributed by atoms with van der Waals surface area (Å²) in [5.74, 6) is 0.424. The second-order valence-corrected chi connectivity index (χ2v) is 5.16. The van der Waals surface area contributed by atoms with Crippen LogP contribution in [-0.2, 0) is 6.54 Å². The van der Waals surface area contributed by atoms with Gasteiger partial charge in [-0.1, -0.05) is 13.0 Å². The summed E-state index contributed by atoms with van der Waals surface area (Å²) in [7, 11) is 0. The van der Waals surface area contributed by atoms with Gasteiger partial charge in [-0.25, -0.2) is 9.37 Å². The Morgan fingerprint density at radius 2 is 2.32 bits per heavy atom. The number of aryl methyl sites for hydroxylation is 1. The Kier molecular flexibility index (Phi) is 4.74. The van der Waals surface area contributed by atoms with Gasteiger partial charge >= 0.3 is 0 Å². The number of hydrogen-bond acceptors (Lipinski definition) is 3. The highest BCUT2D eigenvalue weighted by Gasteiger charge is 2.12. The van der Waals surface area contributed by atoms with Gasteiger partial charge in [-0.05, 0) is 24.6 Å². The highest BCUT2D eigenvalue weighted by atomic mass is 32.2. The van der Waals surface area contributed by atoms with Crippen molar-refractivity contribution >= 4 is 17.5 Å². The largest absolute Gasteiger partial charge is 0.329 e. The molecule has 5 heteroatoms. The van der Waals surface area contributed by atoms with Crippen LogP contribution in [0.25, 0.3) is 0 Å². The molecular weight excluding hydrogens is 263 g/mol. The number of rotatable bonds is 6. The van der Waals surface area contributed by atoms with E-state index in [1.165, 1.54) is 23.9 Å². The molecule has 2 aromatic rings. The van der Waals surface area contributed by atoms with Crippen LogP contribution in [0.3, 0.4) is 0 Å². The lowest BCUT2D eigenvalue weighted by atomic mass is 10.3. The van der Waals surface area contributed by atoms with Crippen LogP contribution in [0, 0.1) is 5.82 Å². The number of thioether (sulfide) groups is 1. The maximum atomic E-state index is 13.0. The van der Waals surface area contributed by atoms with Gasteiger partial charge < -0.3 is 4.57 Å². The number of nitrogens with zero attached hydrogens (tertiary/aromatic N) is 2. The lowest BCUT2D eigenvalue weighted by Gasteiger charge is -2.05. The van der Waals surface area contributed by atoms with E-state index in [0.717, 1.165) is 17.9 Å². The molecule has 0 N–H and O–H groups in total. The van der Waals surface area contributed by atoms with Crippen LogP contribution in [-0.4, -0.2) is 21.1 Å². The summed E-state index contributed by atoms with van der Waals surface area (Å²) in [6.45, 7) is 2.83. The summed E-state index contributed by atoms with van der Waals surface area (Å²) in [4.78, 5) is 16.9. The molecule has 0 aliphatic heterocycles. The zero-order valence-corrected chi connectivity index (χ0v) is 11.5. The third-order valence-electron chi connectivity index (χ3n) is 2.60. The number of Topliss-reactive ketones (excluding diaryl/α,β-unsaturated/α-hetero) is 1. The monoisotopic (exact) mass is 278 g/mol. The number of imidazole rings is 1. The zero-order chi connectivity index (χ0) is 13.7. The molecule has 19 heavy (non-hydrogen) atoms.